The first kappa shape index (κ1) is 21.3. The van der Waals surface area contributed by atoms with Crippen LogP contribution in [0.2, 0.25) is 0 Å². The van der Waals surface area contributed by atoms with E-state index in [0.29, 0.717) is 37.6 Å². The van der Waals surface area contributed by atoms with Gasteiger partial charge in [-0.15, -0.1) is 0 Å². The maximum Gasteiger partial charge on any atom is 0.276 e. The lowest BCUT2D eigenvalue weighted by Crippen LogP contribution is -2.49. The van der Waals surface area contributed by atoms with Crippen LogP contribution in [0.25, 0.3) is 11.3 Å². The van der Waals surface area contributed by atoms with Gasteiger partial charge in [0.2, 0.25) is 0 Å². The Morgan fingerprint density at radius 2 is 1.61 bits per heavy atom. The van der Waals surface area contributed by atoms with Crippen LogP contribution in [0.3, 0.4) is 0 Å². The molecule has 3 aromatic heterocycles. The van der Waals surface area contributed by atoms with Crippen molar-refractivity contribution in [1.82, 2.24) is 29.9 Å². The molecular weight excluding hydrogens is 420 g/mol. The van der Waals surface area contributed by atoms with E-state index in [2.05, 4.69) is 47.9 Å². The van der Waals surface area contributed by atoms with Crippen molar-refractivity contribution in [3.8, 4) is 11.3 Å². The fraction of sp³-hybridized carbons (Fsp3) is 0.435. The second-order valence-electron chi connectivity index (χ2n) is 8.52. The Morgan fingerprint density at radius 3 is 2.24 bits per heavy atom. The molecule has 2 aliphatic rings. The third-order valence-corrected chi connectivity index (χ3v) is 6.20. The molecule has 1 amide bonds. The summed E-state index contributed by atoms with van der Waals surface area (Å²) in [6.45, 7) is 8.54. The van der Waals surface area contributed by atoms with Gasteiger partial charge < -0.3 is 24.1 Å². The van der Waals surface area contributed by atoms with Crippen molar-refractivity contribution in [3.63, 3.8) is 0 Å². The van der Waals surface area contributed by atoms with E-state index < -0.39 is 0 Å². The molecule has 3 aromatic rings. The van der Waals surface area contributed by atoms with E-state index in [1.165, 1.54) is 0 Å². The van der Waals surface area contributed by atoms with Gasteiger partial charge in [-0.2, -0.15) is 0 Å². The molecule has 0 spiro atoms. The summed E-state index contributed by atoms with van der Waals surface area (Å²) in [6.07, 6.45) is 3.38. The maximum atomic E-state index is 13.0. The zero-order valence-corrected chi connectivity index (χ0v) is 19.0. The van der Waals surface area contributed by atoms with E-state index >= 15 is 0 Å². The van der Waals surface area contributed by atoms with E-state index in [9.17, 15) is 4.79 Å². The average Bonchev–Trinajstić information content (AvgIpc) is 3.35. The second kappa shape index (κ2) is 9.14. The molecule has 2 aliphatic heterocycles. The van der Waals surface area contributed by atoms with E-state index in [-0.39, 0.29) is 5.91 Å². The van der Waals surface area contributed by atoms with Gasteiger partial charge in [0.25, 0.3) is 5.91 Å². The molecule has 0 aliphatic carbocycles. The van der Waals surface area contributed by atoms with Crippen LogP contribution in [-0.4, -0.2) is 95.2 Å². The van der Waals surface area contributed by atoms with Crippen LogP contribution in [0.15, 0.2) is 41.2 Å². The molecule has 33 heavy (non-hydrogen) atoms. The van der Waals surface area contributed by atoms with Gasteiger partial charge in [-0.05, 0) is 26.1 Å². The van der Waals surface area contributed by atoms with Crippen LogP contribution in [0, 0.1) is 6.92 Å². The van der Waals surface area contributed by atoms with Gasteiger partial charge in [0.1, 0.15) is 17.5 Å². The number of likely N-dealkylation sites (N-methyl/N-ethyl adjacent to an activating group) is 1. The van der Waals surface area contributed by atoms with Gasteiger partial charge in [-0.1, -0.05) is 5.16 Å². The molecule has 0 aromatic carbocycles. The highest BCUT2D eigenvalue weighted by Crippen LogP contribution is 2.23. The fourth-order valence-electron chi connectivity index (χ4n) is 4.22. The standard InChI is InChI=1S/C23H28N8O2/c1-17-25-21(29-8-6-28(2)7-9-29)15-22(26-17)30-10-12-31(13-11-30)23(32)19-14-20(33-27-19)18-4-3-5-24-16-18/h3-5,14-16H,6-13H2,1-2H3. The molecule has 0 unspecified atom stereocenters. The van der Waals surface area contributed by atoms with Crippen LogP contribution < -0.4 is 9.80 Å². The molecule has 2 saturated heterocycles. The van der Waals surface area contributed by atoms with Crippen molar-refractivity contribution in [1.29, 1.82) is 0 Å². The Bertz CT molecular complexity index is 1100. The Kier molecular flexibility index (Phi) is 5.91. The predicted molar refractivity (Wildman–Crippen MR) is 124 cm³/mol. The number of hydrogen-bond acceptors (Lipinski definition) is 9. The molecular formula is C23H28N8O2. The second-order valence-corrected chi connectivity index (χ2v) is 8.52. The van der Waals surface area contributed by atoms with Crippen molar-refractivity contribution in [3.05, 3.63) is 48.2 Å². The summed E-state index contributed by atoms with van der Waals surface area (Å²) in [4.78, 5) is 35.1. The molecule has 0 saturated carbocycles. The summed E-state index contributed by atoms with van der Waals surface area (Å²) in [6, 6.07) is 7.46. The Morgan fingerprint density at radius 1 is 0.939 bits per heavy atom. The summed E-state index contributed by atoms with van der Waals surface area (Å²) < 4.78 is 5.37. The highest BCUT2D eigenvalue weighted by Gasteiger charge is 2.26. The van der Waals surface area contributed by atoms with Crippen LogP contribution >= 0.6 is 0 Å². The largest absolute Gasteiger partial charge is 0.355 e. The number of carbonyl (C=O) groups excluding carboxylic acids is 1. The SMILES string of the molecule is Cc1nc(N2CCN(C)CC2)cc(N2CCN(C(=O)c3cc(-c4cccnc4)on3)CC2)n1. The van der Waals surface area contributed by atoms with Crippen LogP contribution in [0.1, 0.15) is 16.3 Å². The zero-order chi connectivity index (χ0) is 22.8. The number of aryl methyl sites for hydroxylation is 1. The van der Waals surface area contributed by atoms with Gasteiger partial charge in [0, 0.05) is 82.4 Å². The first-order valence-electron chi connectivity index (χ1n) is 11.3. The van der Waals surface area contributed by atoms with Crippen molar-refractivity contribution in [2.24, 2.45) is 0 Å². The number of pyridine rings is 1. The monoisotopic (exact) mass is 448 g/mol. The Labute approximate surface area is 192 Å². The summed E-state index contributed by atoms with van der Waals surface area (Å²) in [7, 11) is 2.15. The minimum Gasteiger partial charge on any atom is -0.355 e. The van der Waals surface area contributed by atoms with Gasteiger partial charge in [-0.3, -0.25) is 9.78 Å². The summed E-state index contributed by atoms with van der Waals surface area (Å²) in [5.41, 5.74) is 1.11. The molecule has 0 atom stereocenters. The lowest BCUT2D eigenvalue weighted by Gasteiger charge is -2.36. The predicted octanol–water partition coefficient (Wildman–Crippen LogP) is 1.55. The minimum absolute atomic E-state index is 0.120. The van der Waals surface area contributed by atoms with Crippen molar-refractivity contribution in [2.75, 3.05) is 69.2 Å². The van der Waals surface area contributed by atoms with Crippen molar-refractivity contribution >= 4 is 17.5 Å². The van der Waals surface area contributed by atoms with Gasteiger partial charge in [-0.25, -0.2) is 9.97 Å². The smallest absolute Gasteiger partial charge is 0.276 e. The average molecular weight is 449 g/mol. The van der Waals surface area contributed by atoms with Gasteiger partial charge in [0.15, 0.2) is 11.5 Å². The molecule has 10 nitrogen and oxygen atoms in total. The number of nitrogens with zero attached hydrogens (tertiary/aromatic N) is 8. The Hall–Kier alpha value is -3.53. The molecule has 2 fully saturated rings. The Balaban J connectivity index is 1.23. The summed E-state index contributed by atoms with van der Waals surface area (Å²) in [5.74, 6) is 3.09. The molecule has 5 heterocycles. The van der Waals surface area contributed by atoms with E-state index in [1.54, 1.807) is 18.5 Å². The summed E-state index contributed by atoms with van der Waals surface area (Å²) in [5, 5.41) is 3.99. The fourth-order valence-corrected chi connectivity index (χ4v) is 4.22. The third-order valence-electron chi connectivity index (χ3n) is 6.20. The number of rotatable bonds is 4. The first-order chi connectivity index (χ1) is 16.1. The van der Waals surface area contributed by atoms with Crippen LogP contribution in [0.4, 0.5) is 11.6 Å². The molecule has 10 heteroatoms. The number of anilines is 2. The quantitative estimate of drug-likeness (QED) is 0.589. The van der Waals surface area contributed by atoms with Crippen LogP contribution in [-0.2, 0) is 0 Å². The van der Waals surface area contributed by atoms with E-state index in [1.807, 2.05) is 24.0 Å². The normalized spacial score (nSPS) is 17.5. The third kappa shape index (κ3) is 4.65. The first-order valence-corrected chi connectivity index (χ1v) is 11.3. The highest BCUT2D eigenvalue weighted by molar-refractivity contribution is 5.93. The maximum absolute atomic E-state index is 13.0. The molecule has 0 radical (unpaired) electrons. The topological polar surface area (TPSA) is 94.7 Å². The zero-order valence-electron chi connectivity index (χ0n) is 19.0. The number of hydrogen-bond donors (Lipinski definition) is 0. The number of amides is 1. The van der Waals surface area contributed by atoms with Gasteiger partial charge >= 0.3 is 0 Å². The number of carbonyl (C=O) groups is 1. The number of piperazine rings is 2. The summed E-state index contributed by atoms with van der Waals surface area (Å²) >= 11 is 0. The highest BCUT2D eigenvalue weighted by atomic mass is 16.5. The van der Waals surface area contributed by atoms with Crippen LogP contribution in [0.5, 0.6) is 0 Å². The van der Waals surface area contributed by atoms with Gasteiger partial charge in [0.05, 0.1) is 0 Å². The molecule has 0 N–H and O–H groups in total. The minimum atomic E-state index is -0.120. The lowest BCUT2D eigenvalue weighted by atomic mass is 10.2. The molecule has 172 valence electrons. The van der Waals surface area contributed by atoms with E-state index in [4.69, 9.17) is 4.52 Å². The van der Waals surface area contributed by atoms with Crippen molar-refractivity contribution < 1.29 is 9.32 Å². The van der Waals surface area contributed by atoms with Crippen molar-refractivity contribution in [2.45, 2.75) is 6.92 Å². The molecule has 0 bridgehead atoms. The number of aromatic nitrogens is 4. The van der Waals surface area contributed by atoms with E-state index in [0.717, 1.165) is 49.2 Å². The molecule has 5 rings (SSSR count). The lowest BCUT2D eigenvalue weighted by molar-refractivity contribution is 0.0736.